The molecule has 2 aromatic carbocycles. The Morgan fingerprint density at radius 2 is 2.04 bits per heavy atom. The van der Waals surface area contributed by atoms with Gasteiger partial charge >= 0.3 is 0 Å². The van der Waals surface area contributed by atoms with E-state index in [1.54, 1.807) is 56.5 Å². The number of ether oxygens (including phenoxy) is 1. The predicted molar refractivity (Wildman–Crippen MR) is 113 cm³/mol. The third kappa shape index (κ3) is 4.52. The highest BCUT2D eigenvalue weighted by Gasteiger charge is 2.21. The molecule has 0 bridgehead atoms. The standard InChI is InChI=1S/C18H17Cl2N5O2S/c1-10(17(26)22-12-4-3-5-13(9-12)27-2)28-18-24-23-16(25(18)21)14-7-6-11(19)8-15(14)20/h3-10H,21H2,1-2H3,(H,22,26). The van der Waals surface area contributed by atoms with E-state index in [0.29, 0.717) is 38.0 Å². The molecule has 0 spiro atoms. The van der Waals surface area contributed by atoms with Crippen LogP contribution in [0.5, 0.6) is 5.75 Å². The molecule has 146 valence electrons. The van der Waals surface area contributed by atoms with Gasteiger partial charge in [-0.15, -0.1) is 10.2 Å². The normalized spacial score (nSPS) is 11.9. The van der Waals surface area contributed by atoms with Gasteiger partial charge in [-0.1, -0.05) is 41.0 Å². The lowest BCUT2D eigenvalue weighted by atomic mass is 10.2. The number of carbonyl (C=O) groups excluding carboxylic acids is 1. The van der Waals surface area contributed by atoms with Crippen LogP contribution in [-0.2, 0) is 4.79 Å². The van der Waals surface area contributed by atoms with Crippen LogP contribution < -0.4 is 15.9 Å². The van der Waals surface area contributed by atoms with Crippen molar-refractivity contribution in [3.05, 3.63) is 52.5 Å². The first-order valence-corrected chi connectivity index (χ1v) is 9.80. The third-order valence-electron chi connectivity index (χ3n) is 3.83. The van der Waals surface area contributed by atoms with Crippen molar-refractivity contribution in [2.45, 2.75) is 17.3 Å². The molecule has 0 saturated heterocycles. The number of nitrogens with two attached hydrogens (primary N) is 1. The first-order chi connectivity index (χ1) is 13.4. The van der Waals surface area contributed by atoms with Crippen molar-refractivity contribution in [2.75, 3.05) is 18.3 Å². The second-order valence-corrected chi connectivity index (χ2v) is 7.93. The third-order valence-corrected chi connectivity index (χ3v) is 5.43. The van der Waals surface area contributed by atoms with Crippen LogP contribution in [0.1, 0.15) is 6.92 Å². The van der Waals surface area contributed by atoms with Gasteiger partial charge in [0.25, 0.3) is 0 Å². The first kappa shape index (κ1) is 20.3. The van der Waals surface area contributed by atoms with Crippen molar-refractivity contribution in [2.24, 2.45) is 0 Å². The number of nitrogen functional groups attached to an aromatic ring is 1. The Morgan fingerprint density at radius 1 is 1.25 bits per heavy atom. The number of hydrogen-bond donors (Lipinski definition) is 2. The first-order valence-electron chi connectivity index (χ1n) is 8.16. The zero-order chi connectivity index (χ0) is 20.3. The summed E-state index contributed by atoms with van der Waals surface area (Å²) in [4.78, 5) is 12.5. The van der Waals surface area contributed by atoms with Gasteiger partial charge in [0.1, 0.15) is 5.75 Å². The molecule has 28 heavy (non-hydrogen) atoms. The number of benzene rings is 2. The number of amides is 1. The molecular weight excluding hydrogens is 421 g/mol. The van der Waals surface area contributed by atoms with Crippen LogP contribution in [0.2, 0.25) is 10.0 Å². The number of nitrogens with one attached hydrogen (secondary N) is 1. The molecule has 1 amide bonds. The number of rotatable bonds is 6. The van der Waals surface area contributed by atoms with E-state index in [9.17, 15) is 4.79 Å². The van der Waals surface area contributed by atoms with Crippen LogP contribution in [-0.4, -0.2) is 33.1 Å². The van der Waals surface area contributed by atoms with E-state index < -0.39 is 5.25 Å². The van der Waals surface area contributed by atoms with Crippen LogP contribution in [0.15, 0.2) is 47.6 Å². The lowest BCUT2D eigenvalue weighted by Gasteiger charge is -2.12. The van der Waals surface area contributed by atoms with Gasteiger partial charge < -0.3 is 15.9 Å². The molecule has 1 unspecified atom stereocenters. The van der Waals surface area contributed by atoms with Gasteiger partial charge in [0, 0.05) is 22.3 Å². The monoisotopic (exact) mass is 437 g/mol. The van der Waals surface area contributed by atoms with Gasteiger partial charge in [0.05, 0.1) is 17.4 Å². The number of nitrogens with zero attached hydrogens (tertiary/aromatic N) is 3. The van der Waals surface area contributed by atoms with Crippen LogP contribution in [0, 0.1) is 0 Å². The minimum atomic E-state index is -0.466. The average Bonchev–Trinajstić information content (AvgIpc) is 3.02. The second kappa shape index (κ2) is 8.72. The number of thioether (sulfide) groups is 1. The number of hydrogen-bond acceptors (Lipinski definition) is 6. The minimum absolute atomic E-state index is 0.202. The van der Waals surface area contributed by atoms with E-state index in [-0.39, 0.29) is 5.91 Å². The van der Waals surface area contributed by atoms with E-state index in [1.165, 1.54) is 16.4 Å². The number of methoxy groups -OCH3 is 1. The van der Waals surface area contributed by atoms with E-state index in [1.807, 2.05) is 0 Å². The van der Waals surface area contributed by atoms with Gasteiger partial charge in [-0.25, -0.2) is 4.68 Å². The molecule has 0 aliphatic heterocycles. The molecule has 1 atom stereocenters. The average molecular weight is 438 g/mol. The van der Waals surface area contributed by atoms with E-state index in [2.05, 4.69) is 15.5 Å². The maximum atomic E-state index is 12.5. The van der Waals surface area contributed by atoms with Gasteiger partial charge in [-0.2, -0.15) is 0 Å². The number of carbonyl (C=O) groups is 1. The smallest absolute Gasteiger partial charge is 0.237 e. The van der Waals surface area contributed by atoms with Crippen molar-refractivity contribution in [1.82, 2.24) is 14.9 Å². The quantitative estimate of drug-likeness (QED) is 0.445. The molecule has 1 heterocycles. The molecule has 3 aromatic rings. The zero-order valence-corrected chi connectivity index (χ0v) is 17.3. The Bertz CT molecular complexity index is 1010. The second-order valence-electron chi connectivity index (χ2n) is 5.78. The SMILES string of the molecule is COc1cccc(NC(=O)C(C)Sc2nnc(-c3ccc(Cl)cc3Cl)n2N)c1. The summed E-state index contributed by atoms with van der Waals surface area (Å²) in [6, 6.07) is 12.1. The number of halogens is 2. The van der Waals surface area contributed by atoms with Crippen LogP contribution >= 0.6 is 35.0 Å². The fraction of sp³-hybridized carbons (Fsp3) is 0.167. The maximum absolute atomic E-state index is 12.5. The molecule has 3 rings (SSSR count). The minimum Gasteiger partial charge on any atom is -0.497 e. The fourth-order valence-corrected chi connectivity index (χ4v) is 3.63. The van der Waals surface area contributed by atoms with Gasteiger partial charge in [-0.3, -0.25) is 4.79 Å². The van der Waals surface area contributed by atoms with Crippen molar-refractivity contribution < 1.29 is 9.53 Å². The Balaban J connectivity index is 1.73. The molecule has 0 aliphatic carbocycles. The summed E-state index contributed by atoms with van der Waals surface area (Å²) in [7, 11) is 1.57. The largest absolute Gasteiger partial charge is 0.497 e. The van der Waals surface area contributed by atoms with Crippen molar-refractivity contribution in [1.29, 1.82) is 0 Å². The highest BCUT2D eigenvalue weighted by Crippen LogP contribution is 2.31. The lowest BCUT2D eigenvalue weighted by Crippen LogP contribution is -2.23. The summed E-state index contributed by atoms with van der Waals surface area (Å²) in [5.41, 5.74) is 1.24. The van der Waals surface area contributed by atoms with Crippen LogP contribution in [0.25, 0.3) is 11.4 Å². The van der Waals surface area contributed by atoms with Gasteiger partial charge in [0.15, 0.2) is 5.82 Å². The summed E-state index contributed by atoms with van der Waals surface area (Å²) in [6.45, 7) is 1.75. The molecule has 0 radical (unpaired) electrons. The van der Waals surface area contributed by atoms with E-state index >= 15 is 0 Å². The van der Waals surface area contributed by atoms with Crippen molar-refractivity contribution >= 4 is 46.6 Å². The van der Waals surface area contributed by atoms with E-state index in [0.717, 1.165) is 0 Å². The highest BCUT2D eigenvalue weighted by atomic mass is 35.5. The Labute approximate surface area is 176 Å². The summed E-state index contributed by atoms with van der Waals surface area (Å²) in [5.74, 6) is 6.95. The molecule has 0 saturated carbocycles. The fourth-order valence-electron chi connectivity index (χ4n) is 2.37. The van der Waals surface area contributed by atoms with Crippen molar-refractivity contribution in [3.63, 3.8) is 0 Å². The van der Waals surface area contributed by atoms with Gasteiger partial charge in [-0.05, 0) is 37.3 Å². The highest BCUT2D eigenvalue weighted by molar-refractivity contribution is 8.00. The molecule has 1 aromatic heterocycles. The molecule has 0 fully saturated rings. The maximum Gasteiger partial charge on any atom is 0.237 e. The molecule has 7 nitrogen and oxygen atoms in total. The summed E-state index contributed by atoms with van der Waals surface area (Å²) in [6.07, 6.45) is 0. The van der Waals surface area contributed by atoms with Crippen LogP contribution in [0.3, 0.4) is 0 Å². The molecule has 0 aliphatic rings. The molecule has 3 N–H and O–H groups in total. The summed E-state index contributed by atoms with van der Waals surface area (Å²) in [5, 5.41) is 11.8. The summed E-state index contributed by atoms with van der Waals surface area (Å²) >= 11 is 13.3. The Hall–Kier alpha value is -2.42. The van der Waals surface area contributed by atoms with Crippen LogP contribution in [0.4, 0.5) is 5.69 Å². The molecule has 10 heteroatoms. The molecular formula is C18H17Cl2N5O2S. The number of anilines is 1. The van der Waals surface area contributed by atoms with Gasteiger partial charge in [0.2, 0.25) is 11.1 Å². The topological polar surface area (TPSA) is 95.1 Å². The Morgan fingerprint density at radius 3 is 2.75 bits per heavy atom. The summed E-state index contributed by atoms with van der Waals surface area (Å²) < 4.78 is 6.46. The van der Waals surface area contributed by atoms with E-state index in [4.69, 9.17) is 33.8 Å². The number of aromatic nitrogens is 3. The van der Waals surface area contributed by atoms with Crippen molar-refractivity contribution in [3.8, 4) is 17.1 Å². The predicted octanol–water partition coefficient (Wildman–Crippen LogP) is 4.09. The Kier molecular flexibility index (Phi) is 6.33. The zero-order valence-electron chi connectivity index (χ0n) is 15.0. The lowest BCUT2D eigenvalue weighted by molar-refractivity contribution is -0.115.